The van der Waals surface area contributed by atoms with E-state index < -0.39 is 0 Å². The molecule has 0 unspecified atom stereocenters. The van der Waals surface area contributed by atoms with Crippen molar-refractivity contribution in [2.45, 2.75) is 18.2 Å². The van der Waals surface area contributed by atoms with Crippen molar-refractivity contribution in [1.29, 1.82) is 0 Å². The van der Waals surface area contributed by atoms with Crippen LogP contribution in [0.2, 0.25) is 0 Å². The predicted molar refractivity (Wildman–Crippen MR) is 43.7 cm³/mol. The molecule has 4 aliphatic rings. The number of hydrogen-bond donors (Lipinski definition) is 1. The van der Waals surface area contributed by atoms with Gasteiger partial charge in [-0.05, 0) is 5.92 Å². The molecule has 0 aromatic carbocycles. The van der Waals surface area contributed by atoms with Crippen LogP contribution in [0.25, 0.3) is 0 Å². The summed E-state index contributed by atoms with van der Waals surface area (Å²) in [6.07, 6.45) is 5.49. The Labute approximate surface area is 71.7 Å². The lowest BCUT2D eigenvalue weighted by Crippen LogP contribution is -2.59. The van der Waals surface area contributed by atoms with Crippen LogP contribution in [0.4, 0.5) is 0 Å². The van der Waals surface area contributed by atoms with Crippen molar-refractivity contribution < 1.29 is 9.47 Å². The molecule has 1 N–H and O–H groups in total. The Morgan fingerprint density at radius 3 is 2.58 bits per heavy atom. The smallest absolute Gasteiger partial charge is 0.188 e. The lowest BCUT2D eigenvalue weighted by Gasteiger charge is -2.44. The maximum atomic E-state index is 5.68. The molecule has 0 radical (unpaired) electrons. The van der Waals surface area contributed by atoms with Gasteiger partial charge >= 0.3 is 0 Å². The SMILES string of the molecule is C1=C[C@@H]2NC[C@H]1CC21OCCO1. The third-order valence-corrected chi connectivity index (χ3v) is 2.97. The summed E-state index contributed by atoms with van der Waals surface area (Å²) >= 11 is 0. The van der Waals surface area contributed by atoms with Gasteiger partial charge in [-0.25, -0.2) is 0 Å². The van der Waals surface area contributed by atoms with Gasteiger partial charge in [-0.2, -0.15) is 0 Å². The van der Waals surface area contributed by atoms with Crippen LogP contribution >= 0.6 is 0 Å². The van der Waals surface area contributed by atoms with E-state index in [0.29, 0.717) is 5.92 Å². The highest BCUT2D eigenvalue weighted by Crippen LogP contribution is 2.38. The highest BCUT2D eigenvalue weighted by atomic mass is 16.7. The average Bonchev–Trinajstić information content (AvgIpc) is 2.55. The van der Waals surface area contributed by atoms with Crippen LogP contribution in [0.5, 0.6) is 0 Å². The molecule has 0 aromatic heterocycles. The lowest BCUT2D eigenvalue weighted by atomic mass is 9.83. The molecule has 1 spiro atoms. The molecule has 0 amide bonds. The number of fused-ring (bicyclic) bond motifs is 1. The lowest BCUT2D eigenvalue weighted by molar-refractivity contribution is -0.194. The van der Waals surface area contributed by atoms with Crippen LogP contribution < -0.4 is 5.32 Å². The van der Waals surface area contributed by atoms with E-state index in [2.05, 4.69) is 17.5 Å². The number of piperidine rings is 1. The second-order valence-corrected chi connectivity index (χ2v) is 3.74. The monoisotopic (exact) mass is 167 g/mol. The van der Waals surface area contributed by atoms with E-state index >= 15 is 0 Å². The quantitative estimate of drug-likeness (QED) is 0.525. The van der Waals surface area contributed by atoms with Crippen LogP contribution in [0, 0.1) is 5.92 Å². The molecule has 4 rings (SSSR count). The maximum Gasteiger partial charge on any atom is 0.188 e. The maximum absolute atomic E-state index is 5.68. The van der Waals surface area contributed by atoms with E-state index in [1.54, 1.807) is 0 Å². The predicted octanol–water partition coefficient (Wildman–Crippen LogP) is 0.277. The van der Waals surface area contributed by atoms with Crippen LogP contribution in [0.3, 0.4) is 0 Å². The Morgan fingerprint density at radius 1 is 1.25 bits per heavy atom. The molecule has 0 aromatic rings. The zero-order valence-corrected chi connectivity index (χ0v) is 6.95. The van der Waals surface area contributed by atoms with Crippen molar-refractivity contribution in [1.82, 2.24) is 5.32 Å². The molecular weight excluding hydrogens is 154 g/mol. The highest BCUT2D eigenvalue weighted by Gasteiger charge is 2.49. The molecule has 2 saturated heterocycles. The van der Waals surface area contributed by atoms with Gasteiger partial charge < -0.3 is 14.8 Å². The molecule has 66 valence electrons. The first-order valence-corrected chi connectivity index (χ1v) is 4.59. The Hall–Kier alpha value is -0.380. The Kier molecular flexibility index (Phi) is 1.36. The molecule has 1 aliphatic carbocycles. The van der Waals surface area contributed by atoms with E-state index in [-0.39, 0.29) is 11.8 Å². The van der Waals surface area contributed by atoms with Crippen LogP contribution in [0.15, 0.2) is 12.2 Å². The minimum atomic E-state index is -0.308. The van der Waals surface area contributed by atoms with Gasteiger partial charge in [-0.1, -0.05) is 12.2 Å². The fourth-order valence-corrected chi connectivity index (χ4v) is 2.39. The summed E-state index contributed by atoms with van der Waals surface area (Å²) in [5.41, 5.74) is 0. The number of ether oxygens (including phenoxy) is 2. The standard InChI is InChI=1S/C9H13NO2/c1-2-8-9(11-3-4-12-9)5-7(1)6-10-8/h1-2,7-8,10H,3-6H2/t7-,8+/m1/s1. The van der Waals surface area contributed by atoms with E-state index in [1.165, 1.54) is 0 Å². The summed E-state index contributed by atoms with van der Waals surface area (Å²) in [6.45, 7) is 2.58. The van der Waals surface area contributed by atoms with Crippen molar-refractivity contribution in [3.05, 3.63) is 12.2 Å². The minimum absolute atomic E-state index is 0.282. The number of nitrogens with one attached hydrogen (secondary N) is 1. The summed E-state index contributed by atoms with van der Waals surface area (Å²) in [7, 11) is 0. The van der Waals surface area contributed by atoms with E-state index in [9.17, 15) is 0 Å². The van der Waals surface area contributed by atoms with Gasteiger partial charge in [0.2, 0.25) is 0 Å². The Bertz CT molecular complexity index is 221. The van der Waals surface area contributed by atoms with Crippen molar-refractivity contribution in [2.75, 3.05) is 19.8 Å². The van der Waals surface area contributed by atoms with Crippen molar-refractivity contribution in [3.8, 4) is 0 Å². The summed E-state index contributed by atoms with van der Waals surface area (Å²) in [5.74, 6) is 0.297. The van der Waals surface area contributed by atoms with Crippen LogP contribution in [-0.2, 0) is 9.47 Å². The van der Waals surface area contributed by atoms with Gasteiger partial charge in [0, 0.05) is 13.0 Å². The molecule has 2 fully saturated rings. The normalized spacial score (nSPS) is 42.7. The van der Waals surface area contributed by atoms with Crippen molar-refractivity contribution >= 4 is 0 Å². The summed E-state index contributed by atoms with van der Waals surface area (Å²) < 4.78 is 11.4. The first-order valence-electron chi connectivity index (χ1n) is 4.59. The second kappa shape index (κ2) is 2.31. The van der Waals surface area contributed by atoms with Crippen molar-refractivity contribution in [2.24, 2.45) is 5.92 Å². The largest absolute Gasteiger partial charge is 0.346 e. The molecule has 3 aliphatic heterocycles. The second-order valence-electron chi connectivity index (χ2n) is 3.74. The summed E-state index contributed by atoms with van der Waals surface area (Å²) in [6, 6.07) is 0.282. The van der Waals surface area contributed by atoms with E-state index in [0.717, 1.165) is 26.2 Å². The number of hydrogen-bond acceptors (Lipinski definition) is 3. The third-order valence-electron chi connectivity index (χ3n) is 2.97. The fraction of sp³-hybridized carbons (Fsp3) is 0.778. The van der Waals surface area contributed by atoms with Gasteiger partial charge in [0.15, 0.2) is 5.79 Å². The third kappa shape index (κ3) is 0.815. The van der Waals surface area contributed by atoms with Crippen LogP contribution in [-0.4, -0.2) is 31.6 Å². The Balaban J connectivity index is 1.93. The molecule has 3 heteroatoms. The van der Waals surface area contributed by atoms with Gasteiger partial charge in [0.25, 0.3) is 0 Å². The van der Waals surface area contributed by atoms with Crippen LogP contribution in [0.1, 0.15) is 6.42 Å². The zero-order valence-electron chi connectivity index (χ0n) is 6.95. The number of rotatable bonds is 0. The molecule has 12 heavy (non-hydrogen) atoms. The van der Waals surface area contributed by atoms with Gasteiger partial charge in [0.05, 0.1) is 19.3 Å². The molecule has 3 nitrogen and oxygen atoms in total. The topological polar surface area (TPSA) is 30.5 Å². The van der Waals surface area contributed by atoms with Gasteiger partial charge in [-0.3, -0.25) is 0 Å². The van der Waals surface area contributed by atoms with Gasteiger partial charge in [-0.15, -0.1) is 0 Å². The minimum Gasteiger partial charge on any atom is -0.346 e. The fourth-order valence-electron chi connectivity index (χ4n) is 2.39. The first kappa shape index (κ1) is 7.06. The molecule has 0 saturated carbocycles. The first-order chi connectivity index (χ1) is 5.89. The molecule has 2 bridgehead atoms. The summed E-state index contributed by atoms with van der Waals surface area (Å²) in [5, 5.41) is 3.41. The molecule has 3 heterocycles. The van der Waals surface area contributed by atoms with E-state index in [1.807, 2.05) is 0 Å². The van der Waals surface area contributed by atoms with E-state index in [4.69, 9.17) is 9.47 Å². The molecule has 2 atom stereocenters. The molecular formula is C9H13NO2. The summed E-state index contributed by atoms with van der Waals surface area (Å²) in [4.78, 5) is 0. The Morgan fingerprint density at radius 2 is 2.08 bits per heavy atom. The highest BCUT2D eigenvalue weighted by molar-refractivity contribution is 5.15. The average molecular weight is 167 g/mol. The van der Waals surface area contributed by atoms with Gasteiger partial charge in [0.1, 0.15) is 0 Å². The zero-order chi connectivity index (χ0) is 8.02. The van der Waals surface area contributed by atoms with Crippen molar-refractivity contribution in [3.63, 3.8) is 0 Å².